The second-order valence-corrected chi connectivity index (χ2v) is 15.0. The molecule has 264 valence electrons. The van der Waals surface area contributed by atoms with Crippen molar-refractivity contribution in [1.29, 1.82) is 0 Å². The van der Waals surface area contributed by atoms with E-state index in [1.54, 1.807) is 0 Å². The van der Waals surface area contributed by atoms with E-state index in [0.29, 0.717) is 0 Å². The zero-order chi connectivity index (χ0) is 37.5. The Hall–Kier alpha value is -7.55. The molecule has 1 heterocycles. The normalized spacial score (nSPS) is 11.9. The van der Waals surface area contributed by atoms with Gasteiger partial charge >= 0.3 is 0 Å². The van der Waals surface area contributed by atoms with Crippen molar-refractivity contribution in [3.8, 4) is 72.7 Å². The number of aromatic nitrogens is 2. The quantitative estimate of drug-likeness (QED) is 0.173. The van der Waals surface area contributed by atoms with E-state index in [0.717, 1.165) is 28.1 Å². The number of imidazole rings is 1. The topological polar surface area (TPSA) is 17.8 Å². The van der Waals surface area contributed by atoms with Crippen LogP contribution in [-0.4, -0.2) is 9.55 Å². The predicted molar refractivity (Wildman–Crippen MR) is 240 cm³/mol. The molecule has 0 radical (unpaired) electrons. The second kappa shape index (κ2) is 12.5. The largest absolute Gasteiger partial charge is 0.292 e. The number of hydrogen-bond acceptors (Lipinski definition) is 1. The summed E-state index contributed by atoms with van der Waals surface area (Å²) in [5, 5.41) is 7.55. The van der Waals surface area contributed by atoms with Crippen LogP contribution < -0.4 is 0 Å². The zero-order valence-corrected chi connectivity index (χ0v) is 31.0. The van der Waals surface area contributed by atoms with Gasteiger partial charge in [-0.25, -0.2) is 4.98 Å². The fourth-order valence-corrected chi connectivity index (χ4v) is 9.47. The van der Waals surface area contributed by atoms with Gasteiger partial charge < -0.3 is 0 Å². The fourth-order valence-electron chi connectivity index (χ4n) is 9.47. The van der Waals surface area contributed by atoms with Crippen LogP contribution in [0.2, 0.25) is 0 Å². The van der Waals surface area contributed by atoms with E-state index in [1.807, 2.05) is 0 Å². The second-order valence-electron chi connectivity index (χ2n) is 15.0. The highest BCUT2D eigenvalue weighted by Gasteiger charge is 2.31. The van der Waals surface area contributed by atoms with Crippen LogP contribution in [0.15, 0.2) is 206 Å². The highest BCUT2D eigenvalue weighted by molar-refractivity contribution is 6.28. The van der Waals surface area contributed by atoms with Gasteiger partial charge in [0.1, 0.15) is 5.82 Å². The lowest BCUT2D eigenvalue weighted by Gasteiger charge is -2.20. The molecule has 0 unspecified atom stereocenters. The Morgan fingerprint density at radius 3 is 1.58 bits per heavy atom. The summed E-state index contributed by atoms with van der Waals surface area (Å²) in [4.78, 5) is 5.08. The Labute approximate surface area is 330 Å². The van der Waals surface area contributed by atoms with E-state index in [-0.39, 0.29) is 0 Å². The van der Waals surface area contributed by atoms with Gasteiger partial charge in [0.2, 0.25) is 0 Å². The van der Waals surface area contributed by atoms with Gasteiger partial charge in [-0.3, -0.25) is 4.57 Å². The monoisotopic (exact) mass is 722 g/mol. The number of rotatable bonds is 5. The highest BCUT2D eigenvalue weighted by Crippen LogP contribution is 2.58. The van der Waals surface area contributed by atoms with Gasteiger partial charge in [-0.1, -0.05) is 176 Å². The molecule has 0 saturated carbocycles. The first-order chi connectivity index (χ1) is 28.3. The Kier molecular flexibility index (Phi) is 6.96. The van der Waals surface area contributed by atoms with Crippen molar-refractivity contribution in [1.82, 2.24) is 9.55 Å². The average molecular weight is 723 g/mol. The molecule has 0 saturated heterocycles. The molecule has 0 bridgehead atoms. The van der Waals surface area contributed by atoms with Crippen LogP contribution in [0, 0.1) is 0 Å². The molecule has 0 spiro atoms. The molecule has 2 nitrogen and oxygen atoms in total. The molecule has 57 heavy (non-hydrogen) atoms. The summed E-state index contributed by atoms with van der Waals surface area (Å²) < 4.78 is 2.29. The number of benzene rings is 10. The Morgan fingerprint density at radius 1 is 0.333 bits per heavy atom. The van der Waals surface area contributed by atoms with Gasteiger partial charge in [-0.15, -0.1) is 0 Å². The standard InChI is InChI=1S/C55H34N2/c1-4-15-35(16-5-1)50-44-21-10-11-22-45(44)51(36-17-6-2-7-18-36)54-47-32-31-42(43-23-14-24-46(52(43)47)53(50)54)40-28-27-39-34-41(30-29-38(39)33-40)57-49-26-13-12-25-48(49)56-55(57)37-19-8-3-9-20-37/h1-34H. The van der Waals surface area contributed by atoms with E-state index in [4.69, 9.17) is 4.98 Å². The maximum atomic E-state index is 5.08. The van der Waals surface area contributed by atoms with Gasteiger partial charge in [-0.2, -0.15) is 0 Å². The third-order valence-corrected chi connectivity index (χ3v) is 11.9. The molecule has 0 N–H and O–H groups in total. The summed E-state index contributed by atoms with van der Waals surface area (Å²) in [5.74, 6) is 0.945. The first kappa shape index (κ1) is 31.8. The molecule has 0 atom stereocenters. The molecule has 0 aliphatic heterocycles. The summed E-state index contributed by atoms with van der Waals surface area (Å²) in [6, 6.07) is 75.1. The lowest BCUT2D eigenvalue weighted by molar-refractivity contribution is 1.11. The number of hydrogen-bond donors (Lipinski definition) is 0. The van der Waals surface area contributed by atoms with Crippen LogP contribution in [0.25, 0.3) is 116 Å². The Bertz CT molecular complexity index is 3290. The van der Waals surface area contributed by atoms with Crippen LogP contribution in [0.3, 0.4) is 0 Å². The van der Waals surface area contributed by atoms with Crippen LogP contribution >= 0.6 is 0 Å². The molecule has 1 aliphatic carbocycles. The molecule has 11 aromatic rings. The molecule has 0 fully saturated rings. The van der Waals surface area contributed by atoms with Crippen molar-refractivity contribution < 1.29 is 0 Å². The van der Waals surface area contributed by atoms with Gasteiger partial charge in [0.15, 0.2) is 0 Å². The minimum absolute atomic E-state index is 0.945. The van der Waals surface area contributed by atoms with Crippen molar-refractivity contribution in [3.63, 3.8) is 0 Å². The SMILES string of the molecule is c1ccc(-c2c3c(c(-c4ccccc4)c4ccccc24)-c2ccc(-c4ccc5cc(-n6c(-c7ccccc7)nc7ccccc76)ccc5c4)c4cccc-3c24)cc1. The molecule has 1 aromatic heterocycles. The minimum atomic E-state index is 0.945. The van der Waals surface area contributed by atoms with Crippen molar-refractivity contribution >= 4 is 43.4 Å². The van der Waals surface area contributed by atoms with Gasteiger partial charge in [0, 0.05) is 11.3 Å². The highest BCUT2D eigenvalue weighted by atomic mass is 15.1. The van der Waals surface area contributed by atoms with Crippen molar-refractivity contribution in [3.05, 3.63) is 206 Å². The summed E-state index contributed by atoms with van der Waals surface area (Å²) >= 11 is 0. The van der Waals surface area contributed by atoms with E-state index in [1.165, 1.54) is 88.0 Å². The molecule has 10 aromatic carbocycles. The molecular formula is C55H34N2. The maximum absolute atomic E-state index is 5.08. The number of fused-ring (bicyclic) bond motifs is 6. The van der Waals surface area contributed by atoms with Crippen LogP contribution in [0.1, 0.15) is 0 Å². The maximum Gasteiger partial charge on any atom is 0.145 e. The Balaban J connectivity index is 1.05. The summed E-state index contributed by atoms with van der Waals surface area (Å²) in [6.45, 7) is 0. The van der Waals surface area contributed by atoms with Crippen LogP contribution in [-0.2, 0) is 0 Å². The molecule has 1 aliphatic rings. The summed E-state index contributed by atoms with van der Waals surface area (Å²) in [5.41, 5.74) is 17.1. The third kappa shape index (κ3) is 4.81. The number of para-hydroxylation sites is 2. The van der Waals surface area contributed by atoms with Crippen molar-refractivity contribution in [2.45, 2.75) is 0 Å². The first-order valence-electron chi connectivity index (χ1n) is 19.6. The van der Waals surface area contributed by atoms with Crippen molar-refractivity contribution in [2.75, 3.05) is 0 Å². The molecule has 0 amide bonds. The van der Waals surface area contributed by atoms with E-state index in [9.17, 15) is 0 Å². The van der Waals surface area contributed by atoms with Crippen LogP contribution in [0.5, 0.6) is 0 Å². The Morgan fingerprint density at radius 2 is 0.877 bits per heavy atom. The van der Waals surface area contributed by atoms with Gasteiger partial charge in [0.25, 0.3) is 0 Å². The average Bonchev–Trinajstić information content (AvgIpc) is 3.83. The van der Waals surface area contributed by atoms with E-state index < -0.39 is 0 Å². The lowest BCUT2D eigenvalue weighted by atomic mass is 9.82. The van der Waals surface area contributed by atoms with E-state index >= 15 is 0 Å². The summed E-state index contributed by atoms with van der Waals surface area (Å²) in [6.07, 6.45) is 0. The first-order valence-corrected chi connectivity index (χ1v) is 19.6. The lowest BCUT2D eigenvalue weighted by Crippen LogP contribution is -1.97. The van der Waals surface area contributed by atoms with Crippen molar-refractivity contribution in [2.24, 2.45) is 0 Å². The minimum Gasteiger partial charge on any atom is -0.292 e. The summed E-state index contributed by atoms with van der Waals surface area (Å²) in [7, 11) is 0. The van der Waals surface area contributed by atoms with Gasteiger partial charge in [0.05, 0.1) is 11.0 Å². The van der Waals surface area contributed by atoms with Gasteiger partial charge in [-0.05, 0) is 118 Å². The smallest absolute Gasteiger partial charge is 0.145 e. The molecule has 2 heteroatoms. The van der Waals surface area contributed by atoms with Crippen LogP contribution in [0.4, 0.5) is 0 Å². The number of nitrogens with zero attached hydrogens (tertiary/aromatic N) is 2. The third-order valence-electron chi connectivity index (χ3n) is 11.9. The zero-order valence-electron chi connectivity index (χ0n) is 31.0. The van der Waals surface area contributed by atoms with E-state index in [2.05, 4.69) is 211 Å². The fraction of sp³-hybridized carbons (Fsp3) is 0. The predicted octanol–water partition coefficient (Wildman–Crippen LogP) is 14.8. The molecule has 12 rings (SSSR count). The molecular weight excluding hydrogens is 689 g/mol.